The van der Waals surface area contributed by atoms with E-state index < -0.39 is 0 Å². The summed E-state index contributed by atoms with van der Waals surface area (Å²) >= 11 is 1.47. The van der Waals surface area contributed by atoms with Gasteiger partial charge >= 0.3 is 6.03 Å². The van der Waals surface area contributed by atoms with E-state index in [0.29, 0.717) is 36.6 Å². The van der Waals surface area contributed by atoms with Gasteiger partial charge in [0.15, 0.2) is 5.13 Å². The summed E-state index contributed by atoms with van der Waals surface area (Å²) in [4.78, 5) is 24.9. The fraction of sp³-hybridized carbons (Fsp3) is 0.375. The molecule has 3 heterocycles. The van der Waals surface area contributed by atoms with Crippen LogP contribution in [0.4, 0.5) is 9.93 Å². The Labute approximate surface area is 191 Å². The summed E-state index contributed by atoms with van der Waals surface area (Å²) in [6, 6.07) is 11.7. The minimum atomic E-state index is -0.188. The van der Waals surface area contributed by atoms with Gasteiger partial charge in [0.1, 0.15) is 0 Å². The molecule has 162 valence electrons. The van der Waals surface area contributed by atoms with Gasteiger partial charge in [0.05, 0.1) is 23.4 Å². The highest BCUT2D eigenvalue weighted by Crippen LogP contribution is 2.40. The van der Waals surface area contributed by atoms with Crippen LogP contribution in [0.2, 0.25) is 0 Å². The predicted molar refractivity (Wildman–Crippen MR) is 125 cm³/mol. The second kappa shape index (κ2) is 9.33. The Kier molecular flexibility index (Phi) is 6.34. The van der Waals surface area contributed by atoms with Gasteiger partial charge in [-0.15, -0.1) is 11.3 Å². The maximum atomic E-state index is 12.8. The zero-order valence-corrected chi connectivity index (χ0v) is 18.9. The summed E-state index contributed by atoms with van der Waals surface area (Å²) < 4.78 is 0. The van der Waals surface area contributed by atoms with Crippen LogP contribution in [-0.4, -0.2) is 34.7 Å². The van der Waals surface area contributed by atoms with Crippen LogP contribution in [0.5, 0.6) is 0 Å². The highest BCUT2D eigenvalue weighted by atomic mass is 32.1. The van der Waals surface area contributed by atoms with Gasteiger partial charge in [0.2, 0.25) is 0 Å². The lowest BCUT2D eigenvalue weighted by atomic mass is 9.94. The number of hydrogen-bond acceptors (Lipinski definition) is 6. The van der Waals surface area contributed by atoms with Crippen LogP contribution in [-0.2, 0) is 0 Å². The van der Waals surface area contributed by atoms with E-state index in [4.69, 9.17) is 10.2 Å². The number of anilines is 1. The van der Waals surface area contributed by atoms with Crippen LogP contribution < -0.4 is 5.32 Å². The van der Waals surface area contributed by atoms with Gasteiger partial charge < -0.3 is 4.90 Å². The molecule has 2 aliphatic heterocycles. The highest BCUT2D eigenvalue weighted by molar-refractivity contribution is 7.16. The van der Waals surface area contributed by atoms with E-state index in [-0.39, 0.29) is 17.9 Å². The second-order valence-corrected chi connectivity index (χ2v) is 9.24. The number of amides is 2. The molecule has 8 heteroatoms. The number of aliphatic imine (C=N–C) groups is 1. The summed E-state index contributed by atoms with van der Waals surface area (Å²) in [7, 11) is 0. The fourth-order valence-electron chi connectivity index (χ4n) is 4.18. The first kappa shape index (κ1) is 21.7. The Morgan fingerprint density at radius 2 is 2.03 bits per heavy atom. The monoisotopic (exact) mass is 444 g/mol. The third kappa shape index (κ3) is 4.71. The Morgan fingerprint density at radius 1 is 1.25 bits per heavy atom. The highest BCUT2D eigenvalue weighted by Gasteiger charge is 2.26. The average Bonchev–Trinajstić information content (AvgIpc) is 3.22. The molecule has 0 aliphatic carbocycles. The van der Waals surface area contributed by atoms with Crippen molar-refractivity contribution in [1.82, 2.24) is 9.88 Å². The summed E-state index contributed by atoms with van der Waals surface area (Å²) in [6.45, 7) is 5.15. The third-order valence-electron chi connectivity index (χ3n) is 5.76. The summed E-state index contributed by atoms with van der Waals surface area (Å²) in [5.74, 6) is 0.138. The van der Waals surface area contributed by atoms with Crippen LogP contribution in [0.3, 0.4) is 0 Å². The van der Waals surface area contributed by atoms with Gasteiger partial charge in [-0.3, -0.25) is 10.3 Å². The van der Waals surface area contributed by atoms with Gasteiger partial charge in [0.25, 0.3) is 0 Å². The van der Waals surface area contributed by atoms with Crippen molar-refractivity contribution in [1.29, 1.82) is 10.5 Å². The molecular formula is C24H24N6OS. The number of thiazole rings is 1. The number of allylic oxidation sites excluding steroid dienone is 2. The molecule has 32 heavy (non-hydrogen) atoms. The zero-order valence-electron chi connectivity index (χ0n) is 18.1. The Hall–Kier alpha value is -3.49. The van der Waals surface area contributed by atoms with Crippen molar-refractivity contribution >= 4 is 28.2 Å². The molecule has 1 saturated heterocycles. The van der Waals surface area contributed by atoms with Crippen LogP contribution in [0.15, 0.2) is 41.0 Å². The predicted octanol–water partition coefficient (Wildman–Crippen LogP) is 5.30. The standard InChI is InChI=1S/C24H24N6OS/c1-15-10-20(11-16(2)27-15)22-21(19-5-3-4-18(12-19)14-26)28-23(32-22)29-24(31)30-8-6-17(13-25)7-9-30/h3-5,10,12,17,20H,6-9,11H2,1-2H3,(H,28,29,31). The normalized spacial score (nSPS) is 18.9. The van der Waals surface area contributed by atoms with E-state index in [1.807, 2.05) is 32.0 Å². The molecule has 7 nitrogen and oxygen atoms in total. The molecule has 1 fully saturated rings. The largest absolute Gasteiger partial charge is 0.324 e. The van der Waals surface area contributed by atoms with Crippen molar-refractivity contribution in [2.75, 3.05) is 18.4 Å². The van der Waals surface area contributed by atoms with Crippen molar-refractivity contribution in [3.8, 4) is 23.4 Å². The molecule has 0 radical (unpaired) electrons. The number of likely N-dealkylation sites (tertiary alicyclic amines) is 1. The number of carbonyl (C=O) groups is 1. The van der Waals surface area contributed by atoms with E-state index in [9.17, 15) is 10.1 Å². The molecule has 2 aliphatic rings. The molecule has 1 unspecified atom stereocenters. The van der Waals surface area contributed by atoms with Gasteiger partial charge in [-0.2, -0.15) is 10.5 Å². The minimum Gasteiger partial charge on any atom is -0.324 e. The Morgan fingerprint density at radius 3 is 2.72 bits per heavy atom. The molecule has 2 aromatic rings. The zero-order chi connectivity index (χ0) is 22.7. The molecular weight excluding hydrogens is 420 g/mol. The number of benzene rings is 1. The maximum Gasteiger partial charge on any atom is 0.323 e. The molecule has 1 aromatic carbocycles. The lowest BCUT2D eigenvalue weighted by Gasteiger charge is -2.28. The van der Waals surface area contributed by atoms with Crippen LogP contribution >= 0.6 is 11.3 Å². The summed E-state index contributed by atoms with van der Waals surface area (Å²) in [6.07, 6.45) is 4.32. The van der Waals surface area contributed by atoms with Crippen molar-refractivity contribution < 1.29 is 4.79 Å². The molecule has 2 amide bonds. The van der Waals surface area contributed by atoms with Gasteiger partial charge in [0, 0.05) is 46.8 Å². The number of rotatable bonds is 3. The number of hydrogen-bond donors (Lipinski definition) is 1. The van der Waals surface area contributed by atoms with Gasteiger partial charge in [-0.05, 0) is 45.2 Å². The number of carbonyl (C=O) groups excluding carboxylic acids is 1. The number of aromatic nitrogens is 1. The van der Waals surface area contributed by atoms with E-state index in [2.05, 4.69) is 28.5 Å². The SMILES string of the molecule is CC1=CC(c2sc(NC(=O)N3CCC(C#N)CC3)nc2-c2cccc(C#N)c2)CC(C)=N1. The summed E-state index contributed by atoms with van der Waals surface area (Å²) in [5, 5.41) is 21.9. The first-order valence-corrected chi connectivity index (χ1v) is 11.5. The molecule has 0 saturated carbocycles. The minimum absolute atomic E-state index is 0.0239. The van der Waals surface area contributed by atoms with E-state index >= 15 is 0 Å². The topological polar surface area (TPSA) is 105 Å². The second-order valence-electron chi connectivity index (χ2n) is 8.21. The molecule has 4 rings (SSSR count). The average molecular weight is 445 g/mol. The number of nitriles is 2. The van der Waals surface area contributed by atoms with E-state index in [0.717, 1.165) is 34.0 Å². The van der Waals surface area contributed by atoms with Gasteiger partial charge in [-0.25, -0.2) is 9.78 Å². The first-order valence-electron chi connectivity index (χ1n) is 10.7. The molecule has 1 atom stereocenters. The van der Waals surface area contributed by atoms with Gasteiger partial charge in [-0.1, -0.05) is 18.2 Å². The molecule has 0 spiro atoms. The Bertz CT molecular complexity index is 1170. The number of nitrogens with zero attached hydrogens (tertiary/aromatic N) is 5. The summed E-state index contributed by atoms with van der Waals surface area (Å²) in [5.41, 5.74) is 4.24. The van der Waals surface area contributed by atoms with Crippen molar-refractivity contribution in [2.45, 2.75) is 39.0 Å². The molecule has 1 N–H and O–H groups in total. The van der Waals surface area contributed by atoms with Crippen molar-refractivity contribution in [2.24, 2.45) is 10.9 Å². The Balaban J connectivity index is 1.64. The van der Waals surface area contributed by atoms with Crippen LogP contribution in [0, 0.1) is 28.6 Å². The lowest BCUT2D eigenvalue weighted by Crippen LogP contribution is -2.40. The molecule has 1 aromatic heterocycles. The van der Waals surface area contributed by atoms with Crippen LogP contribution in [0.25, 0.3) is 11.3 Å². The van der Waals surface area contributed by atoms with Crippen molar-refractivity contribution in [3.63, 3.8) is 0 Å². The van der Waals surface area contributed by atoms with E-state index in [1.165, 1.54) is 11.3 Å². The van der Waals surface area contributed by atoms with E-state index in [1.54, 1.807) is 11.0 Å². The fourth-order valence-corrected chi connectivity index (χ4v) is 5.23. The number of urea groups is 1. The number of nitrogens with one attached hydrogen (secondary N) is 1. The maximum absolute atomic E-state index is 12.8. The molecule has 0 bridgehead atoms. The van der Waals surface area contributed by atoms with Crippen molar-refractivity contribution in [3.05, 3.63) is 46.5 Å². The van der Waals surface area contributed by atoms with Crippen LogP contribution in [0.1, 0.15) is 49.5 Å². The third-order valence-corrected chi connectivity index (χ3v) is 6.86. The quantitative estimate of drug-likeness (QED) is 0.693. The smallest absolute Gasteiger partial charge is 0.323 e. The lowest BCUT2D eigenvalue weighted by molar-refractivity contribution is 0.192. The number of piperidine rings is 1. The first-order chi connectivity index (χ1) is 15.5.